The monoisotopic (exact) mass is 281 g/mol. The van der Waals surface area contributed by atoms with Crippen molar-refractivity contribution in [3.05, 3.63) is 15.6 Å². The molecule has 1 aromatic heterocycles. The molecule has 1 aliphatic heterocycles. The predicted octanol–water partition coefficient (Wildman–Crippen LogP) is 3.19. The summed E-state index contributed by atoms with van der Waals surface area (Å²) in [5.41, 5.74) is 1.30. The summed E-state index contributed by atoms with van der Waals surface area (Å²) in [6.07, 6.45) is 6.57. The van der Waals surface area contributed by atoms with E-state index in [0.717, 1.165) is 26.1 Å². The van der Waals surface area contributed by atoms with Crippen molar-refractivity contribution in [2.45, 2.75) is 59.0 Å². The Bertz CT molecular complexity index is 367. The molecule has 3 nitrogen and oxygen atoms in total. The van der Waals surface area contributed by atoms with Crippen molar-refractivity contribution >= 4 is 11.3 Å². The molecule has 0 unspecified atom stereocenters. The molecule has 108 valence electrons. The lowest BCUT2D eigenvalue weighted by Gasteiger charge is -2.17. The standard InChI is InChI=1S/C15H27N3S/c1-3-13-14(11-16-4-2)19-15(17-13)12-18-9-7-5-6-8-10-18/h16H,3-12H2,1-2H3. The number of nitrogens with one attached hydrogen (secondary N) is 1. The first-order valence-electron chi connectivity index (χ1n) is 7.74. The normalized spacial score (nSPS) is 17.6. The van der Waals surface area contributed by atoms with E-state index in [2.05, 4.69) is 24.1 Å². The van der Waals surface area contributed by atoms with Crippen molar-refractivity contribution in [3.8, 4) is 0 Å². The second kappa shape index (κ2) is 7.98. The molecular formula is C15H27N3S. The molecule has 0 aromatic carbocycles. The van der Waals surface area contributed by atoms with Crippen LogP contribution in [-0.4, -0.2) is 29.5 Å². The molecule has 0 spiro atoms. The molecule has 2 rings (SSSR count). The van der Waals surface area contributed by atoms with E-state index >= 15 is 0 Å². The lowest BCUT2D eigenvalue weighted by molar-refractivity contribution is 0.276. The fraction of sp³-hybridized carbons (Fsp3) is 0.800. The van der Waals surface area contributed by atoms with Crippen LogP contribution in [0.2, 0.25) is 0 Å². The number of thiazole rings is 1. The third-order valence-corrected chi connectivity index (χ3v) is 4.83. The highest BCUT2D eigenvalue weighted by Crippen LogP contribution is 2.22. The van der Waals surface area contributed by atoms with Gasteiger partial charge in [0.1, 0.15) is 5.01 Å². The summed E-state index contributed by atoms with van der Waals surface area (Å²) in [5.74, 6) is 0. The van der Waals surface area contributed by atoms with Gasteiger partial charge in [-0.25, -0.2) is 4.98 Å². The SMILES string of the molecule is CCNCc1sc(CN2CCCCCC2)nc1CC. The van der Waals surface area contributed by atoms with Crippen molar-refractivity contribution in [2.75, 3.05) is 19.6 Å². The number of hydrogen-bond acceptors (Lipinski definition) is 4. The van der Waals surface area contributed by atoms with Crippen molar-refractivity contribution < 1.29 is 0 Å². The van der Waals surface area contributed by atoms with Gasteiger partial charge in [-0.3, -0.25) is 4.90 Å². The zero-order chi connectivity index (χ0) is 13.5. The zero-order valence-electron chi connectivity index (χ0n) is 12.4. The maximum absolute atomic E-state index is 4.84. The van der Waals surface area contributed by atoms with E-state index in [1.165, 1.54) is 54.4 Å². The highest BCUT2D eigenvalue weighted by Gasteiger charge is 2.14. The molecule has 19 heavy (non-hydrogen) atoms. The van der Waals surface area contributed by atoms with Gasteiger partial charge in [-0.1, -0.05) is 26.7 Å². The highest BCUT2D eigenvalue weighted by molar-refractivity contribution is 7.11. The van der Waals surface area contributed by atoms with Crippen LogP contribution < -0.4 is 5.32 Å². The van der Waals surface area contributed by atoms with Gasteiger partial charge in [0.25, 0.3) is 0 Å². The first kappa shape index (κ1) is 14.9. The van der Waals surface area contributed by atoms with Crippen molar-refractivity contribution in [3.63, 3.8) is 0 Å². The number of aromatic nitrogens is 1. The zero-order valence-corrected chi connectivity index (χ0v) is 13.2. The van der Waals surface area contributed by atoms with Gasteiger partial charge in [0, 0.05) is 11.4 Å². The first-order chi connectivity index (χ1) is 9.33. The lowest BCUT2D eigenvalue weighted by Crippen LogP contribution is -2.23. The Morgan fingerprint density at radius 1 is 1.16 bits per heavy atom. The summed E-state index contributed by atoms with van der Waals surface area (Å²) in [6.45, 7) is 9.95. The maximum Gasteiger partial charge on any atom is 0.107 e. The molecule has 4 heteroatoms. The molecule has 0 atom stereocenters. The fourth-order valence-corrected chi connectivity index (χ4v) is 3.81. The van der Waals surface area contributed by atoms with Gasteiger partial charge >= 0.3 is 0 Å². The van der Waals surface area contributed by atoms with Crippen LogP contribution in [0, 0.1) is 0 Å². The Morgan fingerprint density at radius 3 is 2.53 bits per heavy atom. The molecule has 1 N–H and O–H groups in total. The molecule has 0 aliphatic carbocycles. The molecule has 1 saturated heterocycles. The minimum Gasteiger partial charge on any atom is -0.312 e. The summed E-state index contributed by atoms with van der Waals surface area (Å²) < 4.78 is 0. The van der Waals surface area contributed by atoms with E-state index in [9.17, 15) is 0 Å². The van der Waals surface area contributed by atoms with Crippen LogP contribution in [0.3, 0.4) is 0 Å². The highest BCUT2D eigenvalue weighted by atomic mass is 32.1. The minimum absolute atomic E-state index is 0.983. The Balaban J connectivity index is 1.96. The molecule has 2 heterocycles. The van der Waals surface area contributed by atoms with Crippen molar-refractivity contribution in [2.24, 2.45) is 0 Å². The second-order valence-corrected chi connectivity index (χ2v) is 6.47. The van der Waals surface area contributed by atoms with E-state index in [1.54, 1.807) is 0 Å². The molecule has 0 bridgehead atoms. The Morgan fingerprint density at radius 2 is 1.89 bits per heavy atom. The molecular weight excluding hydrogens is 254 g/mol. The van der Waals surface area contributed by atoms with Gasteiger partial charge < -0.3 is 5.32 Å². The van der Waals surface area contributed by atoms with Gasteiger partial charge in [-0.15, -0.1) is 11.3 Å². The quantitative estimate of drug-likeness (QED) is 0.868. The summed E-state index contributed by atoms with van der Waals surface area (Å²) in [6, 6.07) is 0. The number of aryl methyl sites for hydroxylation is 1. The summed E-state index contributed by atoms with van der Waals surface area (Å²) in [5, 5.41) is 4.73. The van der Waals surface area contributed by atoms with Gasteiger partial charge in [0.15, 0.2) is 0 Å². The van der Waals surface area contributed by atoms with E-state index in [0.29, 0.717) is 0 Å². The molecule has 1 aliphatic rings. The van der Waals surface area contributed by atoms with Crippen LogP contribution in [-0.2, 0) is 19.5 Å². The number of nitrogens with zero attached hydrogens (tertiary/aromatic N) is 2. The minimum atomic E-state index is 0.983. The summed E-state index contributed by atoms with van der Waals surface area (Å²) in [4.78, 5) is 8.87. The smallest absolute Gasteiger partial charge is 0.107 e. The second-order valence-electron chi connectivity index (χ2n) is 5.30. The molecule has 1 fully saturated rings. The number of hydrogen-bond donors (Lipinski definition) is 1. The van der Waals surface area contributed by atoms with E-state index in [-0.39, 0.29) is 0 Å². The van der Waals surface area contributed by atoms with E-state index in [4.69, 9.17) is 4.98 Å². The van der Waals surface area contributed by atoms with Crippen LogP contribution in [0.15, 0.2) is 0 Å². The molecule has 0 saturated carbocycles. The maximum atomic E-state index is 4.84. The fourth-order valence-electron chi connectivity index (χ4n) is 2.64. The molecule has 0 radical (unpaired) electrons. The van der Waals surface area contributed by atoms with Gasteiger partial charge in [-0.05, 0) is 38.9 Å². The Kier molecular flexibility index (Phi) is 6.28. The van der Waals surface area contributed by atoms with Crippen LogP contribution >= 0.6 is 11.3 Å². The van der Waals surface area contributed by atoms with Gasteiger partial charge in [0.05, 0.1) is 12.2 Å². The van der Waals surface area contributed by atoms with Crippen LogP contribution in [0.5, 0.6) is 0 Å². The van der Waals surface area contributed by atoms with Crippen molar-refractivity contribution in [1.29, 1.82) is 0 Å². The molecule has 0 amide bonds. The van der Waals surface area contributed by atoms with Gasteiger partial charge in [0.2, 0.25) is 0 Å². The summed E-state index contributed by atoms with van der Waals surface area (Å²) >= 11 is 1.91. The average molecular weight is 281 g/mol. The lowest BCUT2D eigenvalue weighted by atomic mass is 10.2. The van der Waals surface area contributed by atoms with Crippen LogP contribution in [0.25, 0.3) is 0 Å². The largest absolute Gasteiger partial charge is 0.312 e. The molecule has 1 aromatic rings. The topological polar surface area (TPSA) is 28.2 Å². The Labute approximate surface area is 121 Å². The van der Waals surface area contributed by atoms with Crippen LogP contribution in [0.1, 0.15) is 55.1 Å². The van der Waals surface area contributed by atoms with Crippen molar-refractivity contribution in [1.82, 2.24) is 15.2 Å². The first-order valence-corrected chi connectivity index (χ1v) is 8.55. The number of rotatable bonds is 6. The average Bonchev–Trinajstić information content (AvgIpc) is 2.62. The number of likely N-dealkylation sites (tertiary alicyclic amines) is 1. The Hall–Kier alpha value is -0.450. The third-order valence-electron chi connectivity index (χ3n) is 3.75. The van der Waals surface area contributed by atoms with E-state index < -0.39 is 0 Å². The van der Waals surface area contributed by atoms with Crippen LogP contribution in [0.4, 0.5) is 0 Å². The van der Waals surface area contributed by atoms with Gasteiger partial charge in [-0.2, -0.15) is 0 Å². The summed E-state index contributed by atoms with van der Waals surface area (Å²) in [7, 11) is 0. The predicted molar refractivity (Wildman–Crippen MR) is 82.6 cm³/mol. The van der Waals surface area contributed by atoms with E-state index in [1.807, 2.05) is 11.3 Å². The third kappa shape index (κ3) is 4.55.